The van der Waals surface area contributed by atoms with Crippen LogP contribution in [0.3, 0.4) is 0 Å². The first-order chi connectivity index (χ1) is 9.55. The monoisotopic (exact) mass is 280 g/mol. The van der Waals surface area contributed by atoms with Crippen LogP contribution in [-0.2, 0) is 14.4 Å². The molecule has 20 heavy (non-hydrogen) atoms. The standard InChI is InChI=1S/C14H17FN2O3/c1-14(13(18)16-7-8-19-2)9-12(17-20-14)10-3-5-11(15)6-4-10/h3-6H,7-9H2,1-2H3,(H,16,18). The molecule has 0 saturated carbocycles. The van der Waals surface area contributed by atoms with Gasteiger partial charge in [0.15, 0.2) is 0 Å². The molecule has 0 spiro atoms. The van der Waals surface area contributed by atoms with Gasteiger partial charge >= 0.3 is 0 Å². The maximum Gasteiger partial charge on any atom is 0.267 e. The molecular weight excluding hydrogens is 263 g/mol. The molecule has 0 radical (unpaired) electrons. The number of methoxy groups -OCH3 is 1. The maximum absolute atomic E-state index is 12.9. The number of benzene rings is 1. The van der Waals surface area contributed by atoms with E-state index in [0.29, 0.717) is 25.3 Å². The van der Waals surface area contributed by atoms with E-state index in [-0.39, 0.29) is 11.7 Å². The van der Waals surface area contributed by atoms with E-state index in [2.05, 4.69) is 10.5 Å². The van der Waals surface area contributed by atoms with Crippen molar-refractivity contribution in [1.29, 1.82) is 0 Å². The van der Waals surface area contributed by atoms with Crippen molar-refractivity contribution in [3.8, 4) is 0 Å². The first kappa shape index (κ1) is 14.5. The van der Waals surface area contributed by atoms with Crippen molar-refractivity contribution in [2.45, 2.75) is 18.9 Å². The van der Waals surface area contributed by atoms with Crippen LogP contribution in [0.15, 0.2) is 29.4 Å². The van der Waals surface area contributed by atoms with E-state index in [4.69, 9.17) is 9.57 Å². The molecule has 6 heteroatoms. The van der Waals surface area contributed by atoms with Crippen LogP contribution in [0.25, 0.3) is 0 Å². The van der Waals surface area contributed by atoms with Crippen molar-refractivity contribution in [3.63, 3.8) is 0 Å². The number of oxime groups is 1. The van der Waals surface area contributed by atoms with Crippen molar-refractivity contribution < 1.29 is 18.8 Å². The van der Waals surface area contributed by atoms with Crippen LogP contribution in [0.4, 0.5) is 4.39 Å². The molecule has 0 saturated heterocycles. The summed E-state index contributed by atoms with van der Waals surface area (Å²) >= 11 is 0. The van der Waals surface area contributed by atoms with Gasteiger partial charge in [-0.3, -0.25) is 4.79 Å². The van der Waals surface area contributed by atoms with Crippen molar-refractivity contribution in [2.24, 2.45) is 5.16 Å². The van der Waals surface area contributed by atoms with Gasteiger partial charge in [-0.2, -0.15) is 0 Å². The summed E-state index contributed by atoms with van der Waals surface area (Å²) in [5.74, 6) is -0.552. The Hall–Kier alpha value is -1.95. The molecule has 2 rings (SSSR count). The van der Waals surface area contributed by atoms with Gasteiger partial charge in [-0.15, -0.1) is 0 Å². The highest BCUT2D eigenvalue weighted by molar-refractivity contribution is 6.05. The van der Waals surface area contributed by atoms with Crippen LogP contribution >= 0.6 is 0 Å². The Kier molecular flexibility index (Phi) is 4.34. The number of hydrogen-bond acceptors (Lipinski definition) is 4. The van der Waals surface area contributed by atoms with Crippen LogP contribution in [0.1, 0.15) is 18.9 Å². The van der Waals surface area contributed by atoms with Gasteiger partial charge in [0.2, 0.25) is 5.60 Å². The molecule has 1 aliphatic rings. The van der Waals surface area contributed by atoms with Crippen LogP contribution in [0.2, 0.25) is 0 Å². The predicted molar refractivity (Wildman–Crippen MR) is 71.9 cm³/mol. The maximum atomic E-state index is 12.9. The zero-order valence-electron chi connectivity index (χ0n) is 11.5. The SMILES string of the molecule is COCCNC(=O)C1(C)CC(c2ccc(F)cc2)=NO1. The average Bonchev–Trinajstić information content (AvgIpc) is 2.84. The fraction of sp³-hybridized carbons (Fsp3) is 0.429. The normalized spacial score (nSPS) is 21.2. The van der Waals surface area contributed by atoms with Gasteiger partial charge in [-0.25, -0.2) is 4.39 Å². The van der Waals surface area contributed by atoms with Gasteiger partial charge in [-0.05, 0) is 24.6 Å². The second-order valence-electron chi connectivity index (χ2n) is 4.79. The lowest BCUT2D eigenvalue weighted by molar-refractivity contribution is -0.141. The van der Waals surface area contributed by atoms with Gasteiger partial charge < -0.3 is 14.9 Å². The molecule has 1 amide bonds. The third-order valence-electron chi connectivity index (χ3n) is 3.11. The minimum absolute atomic E-state index is 0.240. The molecule has 0 aromatic heterocycles. The molecule has 0 fully saturated rings. The summed E-state index contributed by atoms with van der Waals surface area (Å²) in [6, 6.07) is 5.94. The predicted octanol–water partition coefficient (Wildman–Crippen LogP) is 1.47. The first-order valence-corrected chi connectivity index (χ1v) is 6.33. The Morgan fingerprint density at radius 1 is 1.50 bits per heavy atom. The summed E-state index contributed by atoms with van der Waals surface area (Å²) in [7, 11) is 1.57. The molecule has 0 aliphatic carbocycles. The molecule has 108 valence electrons. The zero-order valence-corrected chi connectivity index (χ0v) is 11.5. The summed E-state index contributed by atoms with van der Waals surface area (Å²) in [5.41, 5.74) is 0.353. The lowest BCUT2D eigenvalue weighted by atomic mass is 9.95. The molecule has 1 aromatic carbocycles. The van der Waals surface area contributed by atoms with Crippen molar-refractivity contribution >= 4 is 11.6 Å². The second-order valence-corrected chi connectivity index (χ2v) is 4.79. The molecule has 1 N–H and O–H groups in total. The number of carbonyl (C=O) groups is 1. The van der Waals surface area contributed by atoms with E-state index in [1.54, 1.807) is 26.2 Å². The van der Waals surface area contributed by atoms with E-state index in [1.165, 1.54) is 12.1 Å². The number of amides is 1. The molecular formula is C14H17FN2O3. The molecule has 1 unspecified atom stereocenters. The highest BCUT2D eigenvalue weighted by atomic mass is 19.1. The molecule has 1 heterocycles. The van der Waals surface area contributed by atoms with E-state index >= 15 is 0 Å². The van der Waals surface area contributed by atoms with Gasteiger partial charge in [0, 0.05) is 20.1 Å². The van der Waals surface area contributed by atoms with Crippen LogP contribution in [-0.4, -0.2) is 37.5 Å². The number of carbonyl (C=O) groups excluding carboxylic acids is 1. The van der Waals surface area contributed by atoms with Gasteiger partial charge in [0.05, 0.1) is 12.3 Å². The lowest BCUT2D eigenvalue weighted by Gasteiger charge is -2.20. The summed E-state index contributed by atoms with van der Waals surface area (Å²) < 4.78 is 17.7. The number of nitrogens with zero attached hydrogens (tertiary/aromatic N) is 1. The van der Waals surface area contributed by atoms with E-state index in [0.717, 1.165) is 5.56 Å². The van der Waals surface area contributed by atoms with Crippen LogP contribution < -0.4 is 5.32 Å². The first-order valence-electron chi connectivity index (χ1n) is 6.33. The largest absolute Gasteiger partial charge is 0.383 e. The summed E-state index contributed by atoms with van der Waals surface area (Å²) in [6.07, 6.45) is 0.345. The molecule has 0 bridgehead atoms. The Morgan fingerprint density at radius 2 is 2.20 bits per heavy atom. The van der Waals surface area contributed by atoms with Crippen molar-refractivity contribution in [2.75, 3.05) is 20.3 Å². The second kappa shape index (κ2) is 6.00. The summed E-state index contributed by atoms with van der Waals surface area (Å²) in [6.45, 7) is 2.53. The number of rotatable bonds is 5. The number of hydrogen-bond donors (Lipinski definition) is 1. The summed E-state index contributed by atoms with van der Waals surface area (Å²) in [4.78, 5) is 17.3. The minimum Gasteiger partial charge on any atom is -0.383 e. The van der Waals surface area contributed by atoms with E-state index < -0.39 is 5.60 Å². The lowest BCUT2D eigenvalue weighted by Crippen LogP contribution is -2.45. The van der Waals surface area contributed by atoms with Gasteiger partial charge in [0.1, 0.15) is 5.82 Å². The zero-order chi connectivity index (χ0) is 14.6. The highest BCUT2D eigenvalue weighted by Crippen LogP contribution is 2.26. The van der Waals surface area contributed by atoms with E-state index in [1.807, 2.05) is 0 Å². The average molecular weight is 280 g/mol. The minimum atomic E-state index is -1.03. The van der Waals surface area contributed by atoms with Gasteiger partial charge in [-0.1, -0.05) is 17.3 Å². The highest BCUT2D eigenvalue weighted by Gasteiger charge is 2.41. The molecule has 1 aliphatic heterocycles. The number of nitrogens with one attached hydrogen (secondary N) is 1. The molecule has 5 nitrogen and oxygen atoms in total. The number of halogens is 1. The van der Waals surface area contributed by atoms with Crippen molar-refractivity contribution in [3.05, 3.63) is 35.6 Å². The molecule has 1 aromatic rings. The summed E-state index contributed by atoms with van der Waals surface area (Å²) in [5, 5.41) is 6.67. The Labute approximate surface area is 116 Å². The quantitative estimate of drug-likeness (QED) is 0.831. The Bertz CT molecular complexity index is 516. The fourth-order valence-electron chi connectivity index (χ4n) is 1.91. The van der Waals surface area contributed by atoms with Gasteiger partial charge in [0.25, 0.3) is 5.91 Å². The Morgan fingerprint density at radius 3 is 2.85 bits per heavy atom. The third kappa shape index (κ3) is 3.14. The molecule has 1 atom stereocenters. The van der Waals surface area contributed by atoms with Crippen LogP contribution in [0, 0.1) is 5.82 Å². The van der Waals surface area contributed by atoms with Crippen LogP contribution in [0.5, 0.6) is 0 Å². The Balaban J connectivity index is 1.98. The van der Waals surface area contributed by atoms with E-state index in [9.17, 15) is 9.18 Å². The topological polar surface area (TPSA) is 59.9 Å². The third-order valence-corrected chi connectivity index (χ3v) is 3.11. The fourth-order valence-corrected chi connectivity index (χ4v) is 1.91. The smallest absolute Gasteiger partial charge is 0.267 e. The number of ether oxygens (including phenoxy) is 1. The van der Waals surface area contributed by atoms with Crippen molar-refractivity contribution in [1.82, 2.24) is 5.32 Å².